The van der Waals surface area contributed by atoms with Crippen molar-refractivity contribution >= 4 is 17.4 Å². The van der Waals surface area contributed by atoms with Crippen LogP contribution in [-0.2, 0) is 6.18 Å². The fourth-order valence-electron chi connectivity index (χ4n) is 2.04. The number of pyridine rings is 1. The van der Waals surface area contributed by atoms with Crippen LogP contribution in [0, 0.1) is 5.92 Å². The van der Waals surface area contributed by atoms with Crippen LogP contribution >= 0.6 is 11.6 Å². The molecule has 1 saturated heterocycles. The van der Waals surface area contributed by atoms with Crippen LogP contribution in [-0.4, -0.2) is 24.6 Å². The van der Waals surface area contributed by atoms with Gasteiger partial charge in [0.05, 0.1) is 10.6 Å². The molecule has 1 aromatic heterocycles. The summed E-state index contributed by atoms with van der Waals surface area (Å²) < 4.78 is 37.4. The average molecular weight is 280 g/mol. The summed E-state index contributed by atoms with van der Waals surface area (Å²) >= 11 is 5.87. The van der Waals surface area contributed by atoms with Gasteiger partial charge >= 0.3 is 6.18 Å². The summed E-state index contributed by atoms with van der Waals surface area (Å²) in [7, 11) is 0. The van der Waals surface area contributed by atoms with Gasteiger partial charge in [-0.05, 0) is 24.9 Å². The maximum Gasteiger partial charge on any atom is 0.417 e. The Kier molecular flexibility index (Phi) is 3.68. The highest BCUT2D eigenvalue weighted by Gasteiger charge is 2.32. The van der Waals surface area contributed by atoms with Crippen LogP contribution in [0.2, 0.25) is 5.02 Å². The van der Waals surface area contributed by atoms with Gasteiger partial charge in [0.2, 0.25) is 0 Å². The summed E-state index contributed by atoms with van der Waals surface area (Å²) in [6.45, 7) is 1.98. The van der Waals surface area contributed by atoms with Gasteiger partial charge in [0.1, 0.15) is 5.82 Å². The molecule has 100 valence electrons. The van der Waals surface area contributed by atoms with E-state index in [9.17, 15) is 13.2 Å². The second-order valence-electron chi connectivity index (χ2n) is 4.36. The van der Waals surface area contributed by atoms with Crippen LogP contribution in [0.1, 0.15) is 12.0 Å². The molecule has 0 spiro atoms. The number of anilines is 1. The highest BCUT2D eigenvalue weighted by molar-refractivity contribution is 6.33. The molecular weight excluding hydrogens is 267 g/mol. The maximum atomic E-state index is 12.5. The normalized spacial score (nSPS) is 20.5. The predicted molar refractivity (Wildman–Crippen MR) is 63.6 cm³/mol. The molecule has 0 aromatic carbocycles. The molecule has 1 aliphatic heterocycles. The van der Waals surface area contributed by atoms with Gasteiger partial charge in [-0.2, -0.15) is 13.2 Å². The summed E-state index contributed by atoms with van der Waals surface area (Å²) in [6, 6.07) is 0.916. The molecule has 3 nitrogen and oxygen atoms in total. The number of nitrogens with two attached hydrogens (primary N) is 1. The molecule has 7 heteroatoms. The van der Waals surface area contributed by atoms with E-state index >= 15 is 0 Å². The van der Waals surface area contributed by atoms with Gasteiger partial charge in [-0.25, -0.2) is 4.98 Å². The van der Waals surface area contributed by atoms with Gasteiger partial charge in [-0.1, -0.05) is 11.6 Å². The molecule has 1 aliphatic rings. The average Bonchev–Trinajstić information content (AvgIpc) is 2.76. The molecule has 2 rings (SSSR count). The van der Waals surface area contributed by atoms with E-state index in [1.165, 1.54) is 0 Å². The van der Waals surface area contributed by atoms with Crippen molar-refractivity contribution in [3.63, 3.8) is 0 Å². The molecule has 0 bridgehead atoms. The highest BCUT2D eigenvalue weighted by Crippen LogP contribution is 2.34. The minimum absolute atomic E-state index is 0.0301. The second-order valence-corrected chi connectivity index (χ2v) is 4.77. The predicted octanol–water partition coefficient (Wildman–Crippen LogP) is 2.54. The molecule has 1 atom stereocenters. The van der Waals surface area contributed by atoms with Crippen LogP contribution in [0.4, 0.5) is 19.0 Å². The molecule has 18 heavy (non-hydrogen) atoms. The minimum atomic E-state index is -4.42. The molecule has 0 aliphatic carbocycles. The summed E-state index contributed by atoms with van der Waals surface area (Å²) in [5, 5.41) is 0.0301. The lowest BCUT2D eigenvalue weighted by atomic mass is 10.1. The lowest BCUT2D eigenvalue weighted by Gasteiger charge is -2.19. The van der Waals surface area contributed by atoms with Gasteiger partial charge in [-0.15, -0.1) is 0 Å². The van der Waals surface area contributed by atoms with Gasteiger partial charge < -0.3 is 10.6 Å². The Morgan fingerprint density at radius 1 is 1.50 bits per heavy atom. The van der Waals surface area contributed by atoms with Crippen molar-refractivity contribution in [2.24, 2.45) is 11.7 Å². The Bertz CT molecular complexity index is 436. The number of halogens is 4. The zero-order valence-corrected chi connectivity index (χ0v) is 10.3. The quantitative estimate of drug-likeness (QED) is 0.905. The van der Waals surface area contributed by atoms with Gasteiger partial charge in [0.15, 0.2) is 0 Å². The third-order valence-electron chi connectivity index (χ3n) is 3.07. The molecule has 1 fully saturated rings. The van der Waals surface area contributed by atoms with Crippen molar-refractivity contribution in [1.82, 2.24) is 4.98 Å². The Labute approximate surface area is 108 Å². The fourth-order valence-corrected chi connectivity index (χ4v) is 2.32. The number of hydrogen-bond acceptors (Lipinski definition) is 3. The lowest BCUT2D eigenvalue weighted by Crippen LogP contribution is -2.24. The van der Waals surface area contributed by atoms with Gasteiger partial charge in [0.25, 0.3) is 0 Å². The SMILES string of the molecule is NC[C@H]1CCN(c2ncc(C(F)(F)F)cc2Cl)C1. The third kappa shape index (κ3) is 2.70. The molecule has 1 aromatic rings. The number of alkyl halides is 3. The summed E-state index contributed by atoms with van der Waals surface area (Å²) in [4.78, 5) is 5.70. The smallest absolute Gasteiger partial charge is 0.355 e. The second kappa shape index (κ2) is 4.93. The standard InChI is InChI=1S/C11H13ClF3N3/c12-9-3-8(11(13,14)15)5-17-10(9)18-2-1-7(4-16)6-18/h3,5,7H,1-2,4,6,16H2/t7-/m1/s1. The molecule has 0 saturated carbocycles. The third-order valence-corrected chi connectivity index (χ3v) is 3.35. The molecule has 0 unspecified atom stereocenters. The lowest BCUT2D eigenvalue weighted by molar-refractivity contribution is -0.137. The van der Waals surface area contributed by atoms with Crippen LogP contribution in [0.5, 0.6) is 0 Å². The first-order valence-electron chi connectivity index (χ1n) is 5.59. The van der Waals surface area contributed by atoms with Crippen molar-refractivity contribution < 1.29 is 13.2 Å². The highest BCUT2D eigenvalue weighted by atomic mass is 35.5. The fraction of sp³-hybridized carbons (Fsp3) is 0.545. The number of rotatable bonds is 2. The first-order valence-corrected chi connectivity index (χ1v) is 5.97. The van der Waals surface area contributed by atoms with Crippen LogP contribution in [0.15, 0.2) is 12.3 Å². The Morgan fingerprint density at radius 3 is 2.72 bits per heavy atom. The molecule has 2 heterocycles. The van der Waals surface area contributed by atoms with Crippen molar-refractivity contribution in [2.75, 3.05) is 24.5 Å². The zero-order valence-electron chi connectivity index (χ0n) is 9.54. The topological polar surface area (TPSA) is 42.1 Å². The monoisotopic (exact) mass is 279 g/mol. The Hall–Kier alpha value is -1.01. The van der Waals surface area contributed by atoms with E-state index in [1.54, 1.807) is 0 Å². The van der Waals surface area contributed by atoms with E-state index in [2.05, 4.69) is 4.98 Å². The van der Waals surface area contributed by atoms with Crippen molar-refractivity contribution in [3.8, 4) is 0 Å². The van der Waals surface area contributed by atoms with Crippen LogP contribution in [0.25, 0.3) is 0 Å². The summed E-state index contributed by atoms with van der Waals surface area (Å²) in [5.74, 6) is 0.755. The number of hydrogen-bond donors (Lipinski definition) is 1. The Morgan fingerprint density at radius 2 is 2.22 bits per heavy atom. The van der Waals surface area contributed by atoms with Crippen molar-refractivity contribution in [3.05, 3.63) is 22.8 Å². The number of aromatic nitrogens is 1. The Balaban J connectivity index is 2.21. The van der Waals surface area contributed by atoms with E-state index in [1.807, 2.05) is 4.90 Å². The van der Waals surface area contributed by atoms with Gasteiger partial charge in [-0.3, -0.25) is 0 Å². The minimum Gasteiger partial charge on any atom is -0.355 e. The summed E-state index contributed by atoms with van der Waals surface area (Å²) in [6.07, 6.45) is -2.69. The number of nitrogens with zero attached hydrogens (tertiary/aromatic N) is 2. The van der Waals surface area contributed by atoms with E-state index in [0.29, 0.717) is 24.8 Å². The van der Waals surface area contributed by atoms with Crippen molar-refractivity contribution in [2.45, 2.75) is 12.6 Å². The molecular formula is C11H13ClF3N3. The summed E-state index contributed by atoms with van der Waals surface area (Å²) in [5.41, 5.74) is 4.74. The van der Waals surface area contributed by atoms with Crippen LogP contribution < -0.4 is 10.6 Å². The van der Waals surface area contributed by atoms with Crippen molar-refractivity contribution in [1.29, 1.82) is 0 Å². The van der Waals surface area contributed by atoms with Gasteiger partial charge in [0, 0.05) is 19.3 Å². The molecule has 2 N–H and O–H groups in total. The van der Waals surface area contributed by atoms with E-state index in [0.717, 1.165) is 25.2 Å². The molecule has 0 amide bonds. The first-order chi connectivity index (χ1) is 8.41. The zero-order chi connectivity index (χ0) is 13.3. The van der Waals surface area contributed by atoms with E-state index in [-0.39, 0.29) is 5.02 Å². The van der Waals surface area contributed by atoms with E-state index < -0.39 is 11.7 Å². The van der Waals surface area contributed by atoms with Crippen LogP contribution in [0.3, 0.4) is 0 Å². The molecule has 0 radical (unpaired) electrons. The maximum absolute atomic E-state index is 12.5. The first kappa shape index (κ1) is 13.4. The largest absolute Gasteiger partial charge is 0.417 e. The van der Waals surface area contributed by atoms with E-state index in [4.69, 9.17) is 17.3 Å².